The van der Waals surface area contributed by atoms with Crippen molar-refractivity contribution in [3.05, 3.63) is 48.4 Å². The second kappa shape index (κ2) is 8.12. The molecule has 5 rings (SSSR count). The summed E-state index contributed by atoms with van der Waals surface area (Å²) < 4.78 is 1.99. The van der Waals surface area contributed by atoms with E-state index in [0.717, 1.165) is 42.6 Å². The molecular weight excluding hydrogens is 416 g/mol. The van der Waals surface area contributed by atoms with Crippen LogP contribution in [0.3, 0.4) is 0 Å². The van der Waals surface area contributed by atoms with Gasteiger partial charge in [-0.1, -0.05) is 39.0 Å². The molecule has 1 aliphatic rings. The Balaban J connectivity index is 1.56. The number of aromatic nitrogens is 4. The maximum atomic E-state index is 12.9. The Morgan fingerprint density at radius 2 is 1.88 bits per heavy atom. The van der Waals surface area contributed by atoms with E-state index in [2.05, 4.69) is 15.3 Å². The van der Waals surface area contributed by atoms with Crippen LogP contribution < -0.4 is 5.32 Å². The average molecular weight is 445 g/mol. The third-order valence-corrected chi connectivity index (χ3v) is 6.15. The summed E-state index contributed by atoms with van der Waals surface area (Å²) in [6.07, 6.45) is 5.38. The number of hydrogen-bond donors (Lipinski definition) is 2. The van der Waals surface area contributed by atoms with E-state index in [9.17, 15) is 9.59 Å². The van der Waals surface area contributed by atoms with Gasteiger partial charge in [0.25, 0.3) is 0 Å². The van der Waals surface area contributed by atoms with Gasteiger partial charge >= 0.3 is 0 Å². The van der Waals surface area contributed by atoms with E-state index in [-0.39, 0.29) is 18.2 Å². The Bertz CT molecular complexity index is 1350. The Morgan fingerprint density at radius 3 is 2.64 bits per heavy atom. The Hall–Kier alpha value is -3.52. The number of rotatable bonds is 4. The third kappa shape index (κ3) is 3.91. The first-order valence-electron chi connectivity index (χ1n) is 11.3. The van der Waals surface area contributed by atoms with Gasteiger partial charge in [-0.3, -0.25) is 9.59 Å². The number of aromatic amines is 1. The fourth-order valence-electron chi connectivity index (χ4n) is 4.34. The number of piperazine rings is 1. The van der Waals surface area contributed by atoms with Crippen molar-refractivity contribution in [2.24, 2.45) is 5.41 Å². The molecule has 0 atom stereocenters. The minimum Gasteiger partial charge on any atom is -0.344 e. The molecule has 4 aromatic rings. The van der Waals surface area contributed by atoms with Gasteiger partial charge in [-0.2, -0.15) is 0 Å². The predicted octanol–water partition coefficient (Wildman–Crippen LogP) is 3.24. The van der Waals surface area contributed by atoms with Crippen LogP contribution in [-0.4, -0.2) is 62.3 Å². The number of nitrogens with zero attached hydrogens (tertiary/aromatic N) is 4. The summed E-state index contributed by atoms with van der Waals surface area (Å²) in [4.78, 5) is 40.2. The van der Waals surface area contributed by atoms with Crippen LogP contribution in [0.15, 0.2) is 42.9 Å². The maximum absolute atomic E-state index is 12.9. The first-order valence-corrected chi connectivity index (χ1v) is 11.3. The van der Waals surface area contributed by atoms with Crippen LogP contribution in [0.2, 0.25) is 0 Å². The quantitative estimate of drug-likeness (QED) is 0.471. The van der Waals surface area contributed by atoms with Gasteiger partial charge in [-0.25, -0.2) is 9.97 Å². The lowest BCUT2D eigenvalue weighted by atomic mass is 9.87. The molecule has 0 unspecified atom stereocenters. The monoisotopic (exact) mass is 444 g/mol. The van der Waals surface area contributed by atoms with Gasteiger partial charge < -0.3 is 19.8 Å². The summed E-state index contributed by atoms with van der Waals surface area (Å²) in [5.74, 6) is 0.123. The largest absolute Gasteiger partial charge is 0.344 e. The smallest absolute Gasteiger partial charge is 0.242 e. The minimum atomic E-state index is -0.521. The van der Waals surface area contributed by atoms with Gasteiger partial charge in [0.05, 0.1) is 17.5 Å². The highest BCUT2D eigenvalue weighted by molar-refractivity contribution is 6.08. The Kier molecular flexibility index (Phi) is 5.25. The highest BCUT2D eigenvalue weighted by atomic mass is 16.2. The number of benzene rings is 1. The molecule has 4 heterocycles. The van der Waals surface area contributed by atoms with E-state index >= 15 is 0 Å². The second-order valence-corrected chi connectivity index (χ2v) is 9.55. The number of carbonyl (C=O) groups is 2. The van der Waals surface area contributed by atoms with Crippen LogP contribution in [0, 0.1) is 5.41 Å². The van der Waals surface area contributed by atoms with Gasteiger partial charge in [0.15, 0.2) is 11.4 Å². The number of nitrogens with one attached hydrogen (secondary N) is 2. The molecule has 3 aromatic heterocycles. The molecule has 0 spiro atoms. The molecule has 8 heteroatoms. The highest BCUT2D eigenvalue weighted by Crippen LogP contribution is 2.31. The number of hydrogen-bond acceptors (Lipinski definition) is 5. The summed E-state index contributed by atoms with van der Waals surface area (Å²) in [6.45, 7) is 9.07. The number of H-pyrrole nitrogens is 1. The zero-order chi connectivity index (χ0) is 23.2. The molecule has 1 amide bonds. The van der Waals surface area contributed by atoms with Crippen molar-refractivity contribution in [3.63, 3.8) is 0 Å². The van der Waals surface area contributed by atoms with Crippen LogP contribution in [-0.2, 0) is 11.3 Å². The number of carbonyl (C=O) groups excluding carboxylic acids is 2. The first kappa shape index (κ1) is 21.3. The number of para-hydroxylation sites is 1. The zero-order valence-electron chi connectivity index (χ0n) is 19.2. The van der Waals surface area contributed by atoms with Crippen LogP contribution in [0.1, 0.15) is 31.1 Å². The van der Waals surface area contributed by atoms with Crippen molar-refractivity contribution in [3.8, 4) is 11.3 Å². The summed E-state index contributed by atoms with van der Waals surface area (Å²) in [5, 5.41) is 4.28. The number of amides is 1. The molecule has 1 aliphatic heterocycles. The molecule has 0 bridgehead atoms. The molecule has 0 radical (unpaired) electrons. The van der Waals surface area contributed by atoms with Crippen molar-refractivity contribution >= 4 is 33.8 Å². The molecule has 1 fully saturated rings. The topological polar surface area (TPSA) is 95.9 Å². The van der Waals surface area contributed by atoms with E-state index in [1.54, 1.807) is 12.4 Å². The van der Waals surface area contributed by atoms with Crippen LogP contribution in [0.5, 0.6) is 0 Å². The number of fused-ring (bicyclic) bond motifs is 2. The second-order valence-electron chi connectivity index (χ2n) is 9.55. The summed E-state index contributed by atoms with van der Waals surface area (Å²) >= 11 is 0. The van der Waals surface area contributed by atoms with Crippen LogP contribution in [0.25, 0.3) is 33.3 Å². The first-order chi connectivity index (χ1) is 15.8. The summed E-state index contributed by atoms with van der Waals surface area (Å²) in [7, 11) is 0. The molecular formula is C25H28N6O2. The van der Waals surface area contributed by atoms with Gasteiger partial charge in [0, 0.05) is 60.5 Å². The molecule has 170 valence electrons. The van der Waals surface area contributed by atoms with Crippen molar-refractivity contribution in [2.75, 3.05) is 26.2 Å². The lowest BCUT2D eigenvalue weighted by Gasteiger charge is -2.27. The molecule has 8 nitrogen and oxygen atoms in total. The number of Topliss-reactive ketones (excluding diaryl/α,β-unsaturated/α-hetero) is 1. The maximum Gasteiger partial charge on any atom is 0.242 e. The molecule has 2 N–H and O–H groups in total. The van der Waals surface area contributed by atoms with Crippen molar-refractivity contribution in [1.82, 2.24) is 29.7 Å². The van der Waals surface area contributed by atoms with Crippen molar-refractivity contribution < 1.29 is 9.59 Å². The SMILES string of the molecule is CC(C)(C)C(=O)c1c[nH]c2ncc(-c3cn(CC(=O)N4CCNCC4)c4ccccc34)nc12. The van der Waals surface area contributed by atoms with Gasteiger partial charge in [-0.15, -0.1) is 0 Å². The minimum absolute atomic E-state index is 0.0178. The van der Waals surface area contributed by atoms with Crippen molar-refractivity contribution in [1.29, 1.82) is 0 Å². The summed E-state index contributed by atoms with van der Waals surface area (Å²) in [5.41, 5.74) is 3.72. The van der Waals surface area contributed by atoms with E-state index in [1.807, 2.05) is 60.7 Å². The fraction of sp³-hybridized carbons (Fsp3) is 0.360. The van der Waals surface area contributed by atoms with Gasteiger partial charge in [0.1, 0.15) is 12.1 Å². The Labute approximate surface area is 192 Å². The van der Waals surface area contributed by atoms with E-state index in [1.165, 1.54) is 0 Å². The van der Waals surface area contributed by atoms with Gasteiger partial charge in [0.2, 0.25) is 5.91 Å². The van der Waals surface area contributed by atoms with Crippen LogP contribution in [0.4, 0.5) is 0 Å². The van der Waals surface area contributed by atoms with Crippen LogP contribution >= 0.6 is 0 Å². The molecule has 0 aliphatic carbocycles. The highest BCUT2D eigenvalue weighted by Gasteiger charge is 2.27. The zero-order valence-corrected chi connectivity index (χ0v) is 19.2. The van der Waals surface area contributed by atoms with Gasteiger partial charge in [-0.05, 0) is 6.07 Å². The van der Waals surface area contributed by atoms with E-state index in [0.29, 0.717) is 22.4 Å². The van der Waals surface area contributed by atoms with E-state index < -0.39 is 5.41 Å². The molecule has 33 heavy (non-hydrogen) atoms. The van der Waals surface area contributed by atoms with E-state index in [4.69, 9.17) is 4.98 Å². The Morgan fingerprint density at radius 1 is 1.12 bits per heavy atom. The molecule has 1 saturated heterocycles. The van der Waals surface area contributed by atoms with Crippen molar-refractivity contribution in [2.45, 2.75) is 27.3 Å². The third-order valence-electron chi connectivity index (χ3n) is 6.15. The lowest BCUT2D eigenvalue weighted by molar-refractivity contribution is -0.132. The predicted molar refractivity (Wildman–Crippen MR) is 128 cm³/mol. The summed E-state index contributed by atoms with van der Waals surface area (Å²) in [6, 6.07) is 7.99. The molecule has 0 saturated carbocycles. The number of ketones is 1. The lowest BCUT2D eigenvalue weighted by Crippen LogP contribution is -2.47. The normalized spacial score (nSPS) is 14.8. The molecule has 1 aromatic carbocycles. The fourth-order valence-corrected chi connectivity index (χ4v) is 4.34. The average Bonchev–Trinajstić information content (AvgIpc) is 3.40. The standard InChI is InChI=1S/C25H28N6O2/c1-25(2,3)23(33)17-12-27-24-22(17)29-19(13-28-24)18-14-31(20-7-5-4-6-16(18)20)15-21(32)30-10-8-26-9-11-30/h4-7,12-14,26H,8-11,15H2,1-3H3,(H,27,28).